The van der Waals surface area contributed by atoms with Crippen LogP contribution in [0.3, 0.4) is 0 Å². The van der Waals surface area contributed by atoms with Crippen LogP contribution in [0.5, 0.6) is 0 Å². The lowest BCUT2D eigenvalue weighted by Gasteiger charge is -2.06. The summed E-state index contributed by atoms with van der Waals surface area (Å²) in [6, 6.07) is 5.97. The van der Waals surface area contributed by atoms with Crippen LogP contribution in [0.4, 0.5) is 5.82 Å². The zero-order valence-electron chi connectivity index (χ0n) is 7.79. The second kappa shape index (κ2) is 3.92. The Balaban J connectivity index is 2.68. The van der Waals surface area contributed by atoms with Crippen LogP contribution in [0.15, 0.2) is 29.0 Å². The molecule has 1 aromatic heterocycles. The highest BCUT2D eigenvalue weighted by atomic mass is 79.9. The molecular formula is C10H10BrN3. The summed E-state index contributed by atoms with van der Waals surface area (Å²) in [6.45, 7) is 2.91. The molecule has 2 aromatic rings. The van der Waals surface area contributed by atoms with Gasteiger partial charge in [-0.1, -0.05) is 6.07 Å². The highest BCUT2D eigenvalue weighted by molar-refractivity contribution is 9.10. The number of halogens is 1. The second-order valence-electron chi connectivity index (χ2n) is 2.89. The normalized spacial score (nSPS) is 10.4. The van der Waals surface area contributed by atoms with Crippen LogP contribution in [-0.4, -0.2) is 16.5 Å². The van der Waals surface area contributed by atoms with Gasteiger partial charge in [0.05, 0.1) is 5.52 Å². The van der Waals surface area contributed by atoms with Gasteiger partial charge in [0.2, 0.25) is 0 Å². The average Bonchev–Trinajstić information content (AvgIpc) is 2.20. The van der Waals surface area contributed by atoms with Crippen molar-refractivity contribution in [3.63, 3.8) is 0 Å². The Morgan fingerprint density at radius 2 is 2.21 bits per heavy atom. The van der Waals surface area contributed by atoms with E-state index >= 15 is 0 Å². The number of hydrogen-bond acceptors (Lipinski definition) is 3. The molecule has 4 heteroatoms. The molecule has 0 unspecified atom stereocenters. The standard InChI is InChI=1S/C10H10BrN3/c1-2-12-10-7-4-3-5-8(11)9(7)13-6-14-10/h3-6H,2H2,1H3,(H,12,13,14). The fourth-order valence-electron chi connectivity index (χ4n) is 1.36. The van der Waals surface area contributed by atoms with E-state index in [9.17, 15) is 0 Å². The summed E-state index contributed by atoms with van der Waals surface area (Å²) in [5.41, 5.74) is 0.943. The van der Waals surface area contributed by atoms with E-state index in [0.29, 0.717) is 0 Å². The molecule has 1 aromatic carbocycles. The molecule has 0 amide bonds. The van der Waals surface area contributed by atoms with Gasteiger partial charge in [-0.15, -0.1) is 0 Å². The van der Waals surface area contributed by atoms with E-state index in [-0.39, 0.29) is 0 Å². The van der Waals surface area contributed by atoms with Crippen LogP contribution in [0.1, 0.15) is 6.92 Å². The van der Waals surface area contributed by atoms with Gasteiger partial charge in [-0.25, -0.2) is 9.97 Å². The third-order valence-electron chi connectivity index (χ3n) is 1.96. The first-order valence-corrected chi connectivity index (χ1v) is 5.25. The summed E-state index contributed by atoms with van der Waals surface area (Å²) in [7, 11) is 0. The zero-order chi connectivity index (χ0) is 9.97. The van der Waals surface area contributed by atoms with Gasteiger partial charge >= 0.3 is 0 Å². The minimum Gasteiger partial charge on any atom is -0.370 e. The van der Waals surface area contributed by atoms with Crippen LogP contribution in [-0.2, 0) is 0 Å². The number of para-hydroxylation sites is 1. The molecule has 0 aliphatic heterocycles. The van der Waals surface area contributed by atoms with E-state index in [2.05, 4.69) is 31.2 Å². The minimum absolute atomic E-state index is 0.860. The molecule has 0 saturated heterocycles. The maximum atomic E-state index is 4.23. The monoisotopic (exact) mass is 251 g/mol. The molecule has 1 N–H and O–H groups in total. The number of nitrogens with zero attached hydrogens (tertiary/aromatic N) is 2. The van der Waals surface area contributed by atoms with Crippen molar-refractivity contribution in [2.24, 2.45) is 0 Å². The van der Waals surface area contributed by atoms with E-state index in [0.717, 1.165) is 27.7 Å². The van der Waals surface area contributed by atoms with Crippen molar-refractivity contribution in [3.8, 4) is 0 Å². The van der Waals surface area contributed by atoms with Gasteiger partial charge in [0.1, 0.15) is 12.1 Å². The fourth-order valence-corrected chi connectivity index (χ4v) is 1.83. The molecule has 0 aliphatic carbocycles. The summed E-state index contributed by atoms with van der Waals surface area (Å²) < 4.78 is 0.997. The Hall–Kier alpha value is -1.16. The van der Waals surface area contributed by atoms with Crippen LogP contribution in [0, 0.1) is 0 Å². The Kier molecular flexibility index (Phi) is 2.63. The van der Waals surface area contributed by atoms with E-state index in [1.54, 1.807) is 6.33 Å². The van der Waals surface area contributed by atoms with Crippen LogP contribution >= 0.6 is 15.9 Å². The Bertz CT molecular complexity index is 456. The van der Waals surface area contributed by atoms with Crippen molar-refractivity contribution in [2.45, 2.75) is 6.92 Å². The summed E-state index contributed by atoms with van der Waals surface area (Å²) in [5.74, 6) is 0.888. The Morgan fingerprint density at radius 1 is 1.36 bits per heavy atom. The maximum Gasteiger partial charge on any atom is 0.137 e. The molecule has 0 saturated carbocycles. The number of benzene rings is 1. The van der Waals surface area contributed by atoms with Gasteiger partial charge in [-0.3, -0.25) is 0 Å². The first-order valence-electron chi connectivity index (χ1n) is 4.46. The molecule has 2 rings (SSSR count). The predicted octanol–water partition coefficient (Wildman–Crippen LogP) is 2.82. The lowest BCUT2D eigenvalue weighted by molar-refractivity contribution is 1.14. The van der Waals surface area contributed by atoms with Gasteiger partial charge < -0.3 is 5.32 Å². The van der Waals surface area contributed by atoms with Crippen LogP contribution in [0.2, 0.25) is 0 Å². The van der Waals surface area contributed by atoms with Gasteiger partial charge in [-0.2, -0.15) is 0 Å². The number of nitrogens with one attached hydrogen (secondary N) is 1. The highest BCUT2D eigenvalue weighted by Crippen LogP contribution is 2.25. The number of fused-ring (bicyclic) bond motifs is 1. The van der Waals surface area contributed by atoms with Crippen molar-refractivity contribution in [2.75, 3.05) is 11.9 Å². The maximum absolute atomic E-state index is 4.23. The van der Waals surface area contributed by atoms with E-state index in [1.165, 1.54) is 0 Å². The SMILES string of the molecule is CCNc1ncnc2c(Br)cccc12. The Morgan fingerprint density at radius 3 is 3.00 bits per heavy atom. The molecule has 0 fully saturated rings. The van der Waals surface area contributed by atoms with Gasteiger partial charge in [0, 0.05) is 16.4 Å². The van der Waals surface area contributed by atoms with Gasteiger partial charge in [0.25, 0.3) is 0 Å². The summed E-state index contributed by atoms with van der Waals surface area (Å²) >= 11 is 3.46. The molecule has 0 radical (unpaired) electrons. The molecule has 3 nitrogen and oxygen atoms in total. The molecule has 0 bridgehead atoms. The molecule has 0 aliphatic rings. The smallest absolute Gasteiger partial charge is 0.137 e. The lowest BCUT2D eigenvalue weighted by atomic mass is 10.2. The van der Waals surface area contributed by atoms with Gasteiger partial charge in [-0.05, 0) is 35.0 Å². The quantitative estimate of drug-likeness (QED) is 0.892. The van der Waals surface area contributed by atoms with Crippen molar-refractivity contribution >= 4 is 32.7 Å². The van der Waals surface area contributed by atoms with Crippen molar-refractivity contribution < 1.29 is 0 Å². The summed E-state index contributed by atoms with van der Waals surface area (Å²) in [6.07, 6.45) is 1.57. The second-order valence-corrected chi connectivity index (χ2v) is 3.74. The fraction of sp³-hybridized carbons (Fsp3) is 0.200. The van der Waals surface area contributed by atoms with E-state index in [1.807, 2.05) is 25.1 Å². The molecule has 1 heterocycles. The van der Waals surface area contributed by atoms with E-state index < -0.39 is 0 Å². The van der Waals surface area contributed by atoms with E-state index in [4.69, 9.17) is 0 Å². The minimum atomic E-state index is 0.860. The van der Waals surface area contributed by atoms with Crippen LogP contribution < -0.4 is 5.32 Å². The van der Waals surface area contributed by atoms with Crippen molar-refractivity contribution in [1.82, 2.24) is 9.97 Å². The molecule has 0 atom stereocenters. The average molecular weight is 252 g/mol. The zero-order valence-corrected chi connectivity index (χ0v) is 9.37. The molecule has 14 heavy (non-hydrogen) atoms. The van der Waals surface area contributed by atoms with Crippen LogP contribution in [0.25, 0.3) is 10.9 Å². The predicted molar refractivity (Wildman–Crippen MR) is 61.4 cm³/mol. The molecular weight excluding hydrogens is 242 g/mol. The first kappa shape index (κ1) is 9.40. The Labute approximate surface area is 90.7 Å². The summed E-state index contributed by atoms with van der Waals surface area (Å²) in [5, 5.41) is 4.25. The third kappa shape index (κ3) is 1.57. The van der Waals surface area contributed by atoms with Crippen molar-refractivity contribution in [3.05, 3.63) is 29.0 Å². The van der Waals surface area contributed by atoms with Gasteiger partial charge in [0.15, 0.2) is 0 Å². The first-order chi connectivity index (χ1) is 6.83. The third-order valence-corrected chi connectivity index (χ3v) is 2.60. The highest BCUT2D eigenvalue weighted by Gasteiger charge is 2.03. The largest absolute Gasteiger partial charge is 0.370 e. The number of anilines is 1. The lowest BCUT2D eigenvalue weighted by Crippen LogP contribution is -2.00. The summed E-state index contributed by atoms with van der Waals surface area (Å²) in [4.78, 5) is 8.42. The molecule has 72 valence electrons. The number of hydrogen-bond donors (Lipinski definition) is 1. The van der Waals surface area contributed by atoms with Crippen molar-refractivity contribution in [1.29, 1.82) is 0 Å². The number of aromatic nitrogens is 2. The topological polar surface area (TPSA) is 37.8 Å². The number of rotatable bonds is 2. The molecule has 0 spiro atoms.